The van der Waals surface area contributed by atoms with Gasteiger partial charge >= 0.3 is 0 Å². The molecule has 0 N–H and O–H groups in total. The summed E-state index contributed by atoms with van der Waals surface area (Å²) in [5.74, 6) is 0.827. The number of aliphatic imine (C=N–C) groups is 1. The van der Waals surface area contributed by atoms with Crippen LogP contribution in [-0.2, 0) is 4.74 Å². The van der Waals surface area contributed by atoms with E-state index in [0.29, 0.717) is 6.61 Å². The van der Waals surface area contributed by atoms with Gasteiger partial charge in [0.15, 0.2) is 0 Å². The van der Waals surface area contributed by atoms with Crippen LogP contribution in [0.2, 0.25) is 19.6 Å². The maximum atomic E-state index is 5.76. The Labute approximate surface area is 105 Å². The molecule has 1 aromatic carbocycles. The fourth-order valence-corrected chi connectivity index (χ4v) is 3.64. The minimum Gasteiger partial charge on any atom is -0.475 e. The molecule has 0 saturated carbocycles. The van der Waals surface area contributed by atoms with Gasteiger partial charge in [-0.1, -0.05) is 37.8 Å². The predicted octanol–water partition coefficient (Wildman–Crippen LogP) is 2.79. The summed E-state index contributed by atoms with van der Waals surface area (Å²) >= 11 is 0. The van der Waals surface area contributed by atoms with E-state index in [1.807, 2.05) is 0 Å². The molecule has 1 aliphatic heterocycles. The van der Waals surface area contributed by atoms with Gasteiger partial charge < -0.3 is 4.74 Å². The Morgan fingerprint density at radius 3 is 2.35 bits per heavy atom. The van der Waals surface area contributed by atoms with Gasteiger partial charge in [0.05, 0.1) is 13.6 Å². The lowest BCUT2D eigenvalue weighted by molar-refractivity contribution is 0.279. The van der Waals surface area contributed by atoms with Crippen LogP contribution in [0.15, 0.2) is 29.3 Å². The molecule has 0 radical (unpaired) electrons. The van der Waals surface area contributed by atoms with Crippen LogP contribution in [-0.4, -0.2) is 26.1 Å². The van der Waals surface area contributed by atoms with Crippen molar-refractivity contribution < 1.29 is 4.74 Å². The van der Waals surface area contributed by atoms with Crippen molar-refractivity contribution in [2.24, 2.45) is 4.99 Å². The zero-order chi connectivity index (χ0) is 12.7. The van der Waals surface area contributed by atoms with Crippen LogP contribution in [0.1, 0.15) is 19.4 Å². The summed E-state index contributed by atoms with van der Waals surface area (Å²) in [5, 5.41) is 1.43. The first kappa shape index (κ1) is 12.4. The number of nitrogens with zero attached hydrogens (tertiary/aromatic N) is 1. The molecule has 1 heterocycles. The Morgan fingerprint density at radius 2 is 1.82 bits per heavy atom. The first-order valence-electron chi connectivity index (χ1n) is 6.12. The molecule has 1 aromatic rings. The number of hydrogen-bond donors (Lipinski definition) is 0. The van der Waals surface area contributed by atoms with Gasteiger partial charge in [0.2, 0.25) is 5.90 Å². The van der Waals surface area contributed by atoms with Crippen molar-refractivity contribution in [2.45, 2.75) is 39.0 Å². The van der Waals surface area contributed by atoms with Crippen molar-refractivity contribution in [2.75, 3.05) is 6.61 Å². The summed E-state index contributed by atoms with van der Waals surface area (Å²) < 4.78 is 5.76. The van der Waals surface area contributed by atoms with Crippen molar-refractivity contribution >= 4 is 19.2 Å². The molecule has 92 valence electrons. The first-order chi connectivity index (χ1) is 7.80. The third kappa shape index (κ3) is 2.60. The quantitative estimate of drug-likeness (QED) is 0.736. The number of hydrogen-bond acceptors (Lipinski definition) is 2. The summed E-state index contributed by atoms with van der Waals surface area (Å²) in [5.41, 5.74) is 1.11. The normalized spacial score (nSPS) is 18.8. The van der Waals surface area contributed by atoms with E-state index in [2.05, 4.69) is 62.7 Å². The summed E-state index contributed by atoms with van der Waals surface area (Å²) in [6, 6.07) is 8.53. The third-order valence-electron chi connectivity index (χ3n) is 2.93. The fourth-order valence-electron chi connectivity index (χ4n) is 2.05. The molecule has 0 saturated heterocycles. The van der Waals surface area contributed by atoms with Gasteiger partial charge in [0, 0.05) is 5.56 Å². The standard InChI is InChI=1S/C14H21NOSi/c1-14(2)10-16-13(15-14)11-8-6-7-9-12(11)17(3,4)5/h6-9H,10H2,1-5H3. The van der Waals surface area contributed by atoms with Crippen molar-refractivity contribution in [1.82, 2.24) is 0 Å². The molecule has 17 heavy (non-hydrogen) atoms. The molecule has 1 aliphatic rings. The predicted molar refractivity (Wildman–Crippen MR) is 76.0 cm³/mol. The van der Waals surface area contributed by atoms with E-state index >= 15 is 0 Å². The number of ether oxygens (including phenoxy) is 1. The molecule has 2 nitrogen and oxygen atoms in total. The monoisotopic (exact) mass is 247 g/mol. The largest absolute Gasteiger partial charge is 0.475 e. The van der Waals surface area contributed by atoms with Gasteiger partial charge in [-0.2, -0.15) is 0 Å². The molecule has 0 amide bonds. The van der Waals surface area contributed by atoms with E-state index in [9.17, 15) is 0 Å². The van der Waals surface area contributed by atoms with Crippen LogP contribution in [0.25, 0.3) is 0 Å². The smallest absolute Gasteiger partial charge is 0.216 e. The van der Waals surface area contributed by atoms with Crippen molar-refractivity contribution in [1.29, 1.82) is 0 Å². The van der Waals surface area contributed by atoms with Gasteiger partial charge in [-0.15, -0.1) is 0 Å². The van der Waals surface area contributed by atoms with E-state index in [0.717, 1.165) is 5.90 Å². The molecule has 0 spiro atoms. The van der Waals surface area contributed by atoms with Crippen molar-refractivity contribution in [3.8, 4) is 0 Å². The van der Waals surface area contributed by atoms with E-state index in [4.69, 9.17) is 4.74 Å². The average Bonchev–Trinajstić information content (AvgIpc) is 2.58. The van der Waals surface area contributed by atoms with Crippen LogP contribution in [0.3, 0.4) is 0 Å². The van der Waals surface area contributed by atoms with Crippen LogP contribution >= 0.6 is 0 Å². The van der Waals surface area contributed by atoms with Crippen LogP contribution < -0.4 is 5.19 Å². The zero-order valence-corrected chi connectivity index (χ0v) is 12.4. The minimum absolute atomic E-state index is 0.0815. The maximum absolute atomic E-state index is 5.76. The lowest BCUT2D eigenvalue weighted by Crippen LogP contribution is -2.41. The summed E-state index contributed by atoms with van der Waals surface area (Å²) in [6.07, 6.45) is 0. The second-order valence-corrected chi connectivity index (χ2v) is 11.4. The Kier molecular flexibility index (Phi) is 2.90. The van der Waals surface area contributed by atoms with E-state index in [1.165, 1.54) is 10.8 Å². The first-order valence-corrected chi connectivity index (χ1v) is 9.62. The van der Waals surface area contributed by atoms with Crippen LogP contribution in [0.5, 0.6) is 0 Å². The van der Waals surface area contributed by atoms with Crippen molar-refractivity contribution in [3.63, 3.8) is 0 Å². The Bertz CT molecular complexity index is 458. The Hall–Kier alpha value is -1.09. The van der Waals surface area contributed by atoms with E-state index < -0.39 is 8.07 Å². The lowest BCUT2D eigenvalue weighted by atomic mass is 10.1. The zero-order valence-electron chi connectivity index (χ0n) is 11.4. The van der Waals surface area contributed by atoms with Crippen LogP contribution in [0.4, 0.5) is 0 Å². The SMILES string of the molecule is CC1(C)COC(c2ccccc2[Si](C)(C)C)=N1. The Morgan fingerprint density at radius 1 is 1.18 bits per heavy atom. The molecular formula is C14H21NOSi. The highest BCUT2D eigenvalue weighted by molar-refractivity contribution is 6.89. The third-order valence-corrected chi connectivity index (χ3v) is 4.98. The second kappa shape index (κ2) is 3.98. The van der Waals surface area contributed by atoms with Gasteiger partial charge in [0.25, 0.3) is 0 Å². The highest BCUT2D eigenvalue weighted by atomic mass is 28.3. The minimum atomic E-state index is -1.35. The highest BCUT2D eigenvalue weighted by Crippen LogP contribution is 2.21. The fraction of sp³-hybridized carbons (Fsp3) is 0.500. The molecule has 0 unspecified atom stereocenters. The van der Waals surface area contributed by atoms with Crippen molar-refractivity contribution in [3.05, 3.63) is 29.8 Å². The molecule has 0 bridgehead atoms. The molecule has 0 aromatic heterocycles. The molecule has 0 aliphatic carbocycles. The summed E-state index contributed by atoms with van der Waals surface area (Å²) in [6.45, 7) is 12.0. The molecule has 3 heteroatoms. The lowest BCUT2D eigenvalue weighted by Gasteiger charge is -2.20. The maximum Gasteiger partial charge on any atom is 0.216 e. The molecular weight excluding hydrogens is 226 g/mol. The number of benzene rings is 1. The summed E-state index contributed by atoms with van der Waals surface area (Å²) in [7, 11) is -1.35. The average molecular weight is 247 g/mol. The molecule has 2 rings (SSSR count). The second-order valence-electron chi connectivity index (χ2n) is 6.31. The molecule has 0 fully saturated rings. The Balaban J connectivity index is 2.47. The summed E-state index contributed by atoms with van der Waals surface area (Å²) in [4.78, 5) is 4.68. The number of rotatable bonds is 2. The molecule has 0 atom stereocenters. The van der Waals surface area contributed by atoms with Gasteiger partial charge in [-0.05, 0) is 25.1 Å². The van der Waals surface area contributed by atoms with Gasteiger partial charge in [-0.3, -0.25) is 0 Å². The van der Waals surface area contributed by atoms with E-state index in [1.54, 1.807) is 0 Å². The van der Waals surface area contributed by atoms with Gasteiger partial charge in [-0.25, -0.2) is 4.99 Å². The topological polar surface area (TPSA) is 21.6 Å². The van der Waals surface area contributed by atoms with E-state index in [-0.39, 0.29) is 5.54 Å². The van der Waals surface area contributed by atoms with Crippen LogP contribution in [0, 0.1) is 0 Å². The highest BCUT2D eigenvalue weighted by Gasteiger charge is 2.30. The van der Waals surface area contributed by atoms with Gasteiger partial charge in [0.1, 0.15) is 6.61 Å².